The average molecular weight is 566 g/mol. The van der Waals surface area contributed by atoms with Crippen molar-refractivity contribution in [3.05, 3.63) is 60.2 Å². The molecular weight excluding hydrogens is 531 g/mol. The van der Waals surface area contributed by atoms with Crippen LogP contribution < -0.4 is 14.8 Å². The number of piperidine rings is 1. The van der Waals surface area contributed by atoms with Crippen LogP contribution in [0.4, 0.5) is 0 Å². The van der Waals surface area contributed by atoms with Gasteiger partial charge in [-0.15, -0.1) is 24.0 Å². The maximum absolute atomic E-state index is 12.1. The van der Waals surface area contributed by atoms with Crippen LogP contribution in [0.15, 0.2) is 59.6 Å². The quantitative estimate of drug-likeness (QED) is 0.302. The van der Waals surface area contributed by atoms with Crippen LogP contribution in [-0.2, 0) is 11.2 Å². The number of para-hydroxylation sites is 1. The van der Waals surface area contributed by atoms with Crippen molar-refractivity contribution in [2.45, 2.75) is 25.4 Å². The van der Waals surface area contributed by atoms with Crippen molar-refractivity contribution in [2.24, 2.45) is 4.99 Å². The number of carbonyl (C=O) groups is 1. The number of guanidine groups is 1. The number of hydrogen-bond donors (Lipinski definition) is 1. The lowest BCUT2D eigenvalue weighted by atomic mass is 10.1. The van der Waals surface area contributed by atoms with Gasteiger partial charge in [0.15, 0.2) is 5.96 Å². The Morgan fingerprint density at radius 3 is 2.33 bits per heavy atom. The van der Waals surface area contributed by atoms with Crippen molar-refractivity contribution < 1.29 is 14.3 Å². The van der Waals surface area contributed by atoms with E-state index in [1.807, 2.05) is 42.5 Å². The van der Waals surface area contributed by atoms with Gasteiger partial charge in [0.25, 0.3) is 0 Å². The van der Waals surface area contributed by atoms with Gasteiger partial charge in [-0.2, -0.15) is 0 Å². The first-order valence-electron chi connectivity index (χ1n) is 11.1. The molecule has 1 N–H and O–H groups in total. The number of benzene rings is 2. The molecule has 2 aromatic carbocycles. The summed E-state index contributed by atoms with van der Waals surface area (Å²) < 4.78 is 11.3. The predicted octanol–water partition coefficient (Wildman–Crippen LogP) is 3.43. The van der Waals surface area contributed by atoms with Crippen molar-refractivity contribution >= 4 is 35.8 Å². The minimum Gasteiger partial charge on any atom is -0.497 e. The number of carbonyl (C=O) groups excluding carboxylic acids is 1. The first-order valence-corrected chi connectivity index (χ1v) is 11.1. The number of amides is 1. The van der Waals surface area contributed by atoms with Crippen LogP contribution in [0, 0.1) is 0 Å². The third-order valence-electron chi connectivity index (χ3n) is 5.51. The predicted molar refractivity (Wildman–Crippen MR) is 143 cm³/mol. The molecule has 8 heteroatoms. The molecule has 180 valence electrons. The van der Waals surface area contributed by atoms with Gasteiger partial charge in [-0.3, -0.25) is 4.79 Å². The Hall–Kier alpha value is -2.49. The van der Waals surface area contributed by atoms with E-state index in [0.29, 0.717) is 0 Å². The molecule has 0 aromatic heterocycles. The fourth-order valence-electron chi connectivity index (χ4n) is 3.54. The summed E-state index contributed by atoms with van der Waals surface area (Å²) in [6, 6.07) is 18.0. The van der Waals surface area contributed by atoms with E-state index in [0.717, 1.165) is 56.4 Å². The summed E-state index contributed by atoms with van der Waals surface area (Å²) in [5.41, 5.74) is 1.22. The van der Waals surface area contributed by atoms with E-state index < -0.39 is 0 Å². The molecule has 1 amide bonds. The highest BCUT2D eigenvalue weighted by atomic mass is 127. The minimum atomic E-state index is -0.0123. The molecule has 0 aliphatic carbocycles. The zero-order valence-corrected chi connectivity index (χ0v) is 22.0. The Kier molecular flexibility index (Phi) is 11.3. The van der Waals surface area contributed by atoms with E-state index in [4.69, 9.17) is 9.47 Å². The van der Waals surface area contributed by atoms with E-state index in [-0.39, 0.29) is 42.5 Å². The molecule has 0 saturated carbocycles. The van der Waals surface area contributed by atoms with E-state index in [9.17, 15) is 4.79 Å². The standard InChI is InChI=1S/C25H34N4O3.HI/c1-28(2)24(30)19-27-25(26-16-13-20-9-11-21(31-3)12-10-20)29-17-14-23(15-18-29)32-22-7-5-4-6-8-22;/h4-12,23H,13-19H2,1-3H3,(H,26,27);1H. The van der Waals surface area contributed by atoms with Gasteiger partial charge in [-0.05, 0) is 36.2 Å². The van der Waals surface area contributed by atoms with E-state index in [1.54, 1.807) is 26.1 Å². The number of aliphatic imine (C=N–C) groups is 1. The molecule has 1 heterocycles. The number of likely N-dealkylation sites (tertiary alicyclic amines) is 1. The summed E-state index contributed by atoms with van der Waals surface area (Å²) in [4.78, 5) is 20.5. The molecule has 1 aliphatic heterocycles. The van der Waals surface area contributed by atoms with Crippen molar-refractivity contribution in [3.63, 3.8) is 0 Å². The number of likely N-dealkylation sites (N-methyl/N-ethyl adjacent to an activating group) is 1. The van der Waals surface area contributed by atoms with Gasteiger partial charge in [0.1, 0.15) is 24.1 Å². The molecule has 3 rings (SSSR count). The molecule has 7 nitrogen and oxygen atoms in total. The van der Waals surface area contributed by atoms with Crippen LogP contribution in [0.25, 0.3) is 0 Å². The van der Waals surface area contributed by atoms with Crippen molar-refractivity contribution in [3.8, 4) is 11.5 Å². The Balaban J connectivity index is 0.00000385. The van der Waals surface area contributed by atoms with Crippen LogP contribution in [0.2, 0.25) is 0 Å². The van der Waals surface area contributed by atoms with Gasteiger partial charge >= 0.3 is 0 Å². The Morgan fingerprint density at radius 1 is 1.06 bits per heavy atom. The second-order valence-electron chi connectivity index (χ2n) is 8.07. The second kappa shape index (κ2) is 13.9. The van der Waals surface area contributed by atoms with E-state index in [2.05, 4.69) is 27.3 Å². The number of methoxy groups -OCH3 is 1. The van der Waals surface area contributed by atoms with Crippen molar-refractivity contribution in [1.29, 1.82) is 0 Å². The molecular formula is C25H35IN4O3. The lowest BCUT2D eigenvalue weighted by Crippen LogP contribution is -2.48. The Morgan fingerprint density at radius 2 is 1.73 bits per heavy atom. The number of nitrogens with zero attached hydrogens (tertiary/aromatic N) is 3. The zero-order chi connectivity index (χ0) is 22.8. The van der Waals surface area contributed by atoms with E-state index in [1.165, 1.54) is 5.56 Å². The molecule has 0 spiro atoms. The summed E-state index contributed by atoms with van der Waals surface area (Å²) in [5, 5.41) is 3.46. The zero-order valence-electron chi connectivity index (χ0n) is 19.7. The van der Waals surface area contributed by atoms with E-state index >= 15 is 0 Å². The highest BCUT2D eigenvalue weighted by molar-refractivity contribution is 14.0. The number of rotatable bonds is 8. The van der Waals surface area contributed by atoms with Crippen LogP contribution in [0.1, 0.15) is 18.4 Å². The summed E-state index contributed by atoms with van der Waals surface area (Å²) in [5.74, 6) is 2.54. The molecule has 1 aliphatic rings. The first-order chi connectivity index (χ1) is 15.5. The van der Waals surface area contributed by atoms with Gasteiger partial charge in [0.2, 0.25) is 5.91 Å². The molecule has 0 radical (unpaired) electrons. The molecule has 0 bridgehead atoms. The normalized spacial score (nSPS) is 14.3. The van der Waals surface area contributed by atoms with Gasteiger partial charge in [0.05, 0.1) is 7.11 Å². The maximum Gasteiger partial charge on any atom is 0.243 e. The van der Waals surface area contributed by atoms with Crippen molar-refractivity contribution in [2.75, 3.05) is 47.4 Å². The lowest BCUT2D eigenvalue weighted by molar-refractivity contribution is -0.127. The fourth-order valence-corrected chi connectivity index (χ4v) is 3.54. The highest BCUT2D eigenvalue weighted by Gasteiger charge is 2.23. The third-order valence-corrected chi connectivity index (χ3v) is 5.51. The number of hydrogen-bond acceptors (Lipinski definition) is 4. The number of ether oxygens (including phenoxy) is 2. The SMILES string of the molecule is COc1ccc(CCNC(=NCC(=O)N(C)C)N2CCC(Oc3ccccc3)CC2)cc1.I. The van der Waals surface area contributed by atoms with Gasteiger partial charge in [-0.1, -0.05) is 30.3 Å². The summed E-state index contributed by atoms with van der Waals surface area (Å²) >= 11 is 0. The Labute approximate surface area is 214 Å². The minimum absolute atomic E-state index is 0. The molecule has 0 atom stereocenters. The number of halogens is 1. The maximum atomic E-state index is 12.1. The van der Waals surface area contributed by atoms with Crippen LogP contribution in [0.3, 0.4) is 0 Å². The summed E-state index contributed by atoms with van der Waals surface area (Å²) in [6.07, 6.45) is 2.88. The molecule has 1 saturated heterocycles. The number of nitrogens with one attached hydrogen (secondary N) is 1. The molecule has 0 unspecified atom stereocenters. The topological polar surface area (TPSA) is 66.4 Å². The second-order valence-corrected chi connectivity index (χ2v) is 8.07. The van der Waals surface area contributed by atoms with Gasteiger partial charge in [0, 0.05) is 46.6 Å². The fraction of sp³-hybridized carbons (Fsp3) is 0.440. The van der Waals surface area contributed by atoms with Crippen LogP contribution >= 0.6 is 24.0 Å². The monoisotopic (exact) mass is 566 g/mol. The first kappa shape index (κ1) is 26.8. The Bertz CT molecular complexity index is 867. The smallest absolute Gasteiger partial charge is 0.243 e. The molecule has 33 heavy (non-hydrogen) atoms. The summed E-state index contributed by atoms with van der Waals surface area (Å²) in [7, 11) is 5.17. The average Bonchev–Trinajstić information content (AvgIpc) is 2.82. The largest absolute Gasteiger partial charge is 0.497 e. The molecule has 1 fully saturated rings. The van der Waals surface area contributed by atoms with Crippen molar-refractivity contribution in [1.82, 2.24) is 15.1 Å². The summed E-state index contributed by atoms with van der Waals surface area (Å²) in [6.45, 7) is 2.55. The molecule has 2 aromatic rings. The van der Waals surface area contributed by atoms with Crippen LogP contribution in [-0.4, -0.2) is 75.2 Å². The van der Waals surface area contributed by atoms with Crippen LogP contribution in [0.5, 0.6) is 11.5 Å². The lowest BCUT2D eigenvalue weighted by Gasteiger charge is -2.34. The van der Waals surface area contributed by atoms with Gasteiger partial charge in [-0.25, -0.2) is 4.99 Å². The third kappa shape index (κ3) is 8.75. The highest BCUT2D eigenvalue weighted by Crippen LogP contribution is 2.19. The van der Waals surface area contributed by atoms with Gasteiger partial charge < -0.3 is 24.6 Å².